The second-order valence-corrected chi connectivity index (χ2v) is 22.4. The van der Waals surface area contributed by atoms with Gasteiger partial charge in [0.2, 0.25) is 28.5 Å². The number of rotatable bonds is 8. The number of nitrogens with zero attached hydrogens (tertiary/aromatic N) is 5. The maximum Gasteiger partial charge on any atom is 0.212 e. The summed E-state index contributed by atoms with van der Waals surface area (Å²) in [5.41, 5.74) is 20.8. The van der Waals surface area contributed by atoms with Crippen LogP contribution < -0.4 is 22.8 Å². The Bertz CT molecular complexity index is 4310. The maximum absolute atomic E-state index is 7.98. The highest BCUT2D eigenvalue weighted by Gasteiger charge is 2.22. The fourth-order valence-electron chi connectivity index (χ4n) is 11.0. The second-order valence-electron chi connectivity index (χ2n) is 22.4. The fraction of sp³-hybridized carbons (Fsp3) is 0.312. The van der Waals surface area contributed by atoms with Crippen LogP contribution in [0, 0.1) is 75.9 Å². The summed E-state index contributed by atoms with van der Waals surface area (Å²) >= 11 is 0. The molecule has 438 valence electrons. The normalized spacial score (nSPS) is 15.5. The van der Waals surface area contributed by atoms with Crippen LogP contribution in [-0.2, 0) is 48.0 Å². The predicted molar refractivity (Wildman–Crippen MR) is 357 cm³/mol. The van der Waals surface area contributed by atoms with E-state index in [1.807, 2.05) is 136 Å². The van der Waals surface area contributed by atoms with E-state index in [4.69, 9.17) is 21.9 Å². The zero-order valence-corrected chi connectivity index (χ0v) is 52.5. The van der Waals surface area contributed by atoms with Crippen molar-refractivity contribution in [3.8, 4) is 56.3 Å². The Morgan fingerprint density at radius 1 is 0.341 bits per heavy atom. The van der Waals surface area contributed by atoms with Crippen molar-refractivity contribution in [2.75, 3.05) is 0 Å². The molecule has 0 saturated heterocycles. The lowest BCUT2D eigenvalue weighted by molar-refractivity contribution is -0.661. The molecule has 11 rings (SSSR count). The summed E-state index contributed by atoms with van der Waals surface area (Å²) in [6, 6.07) is 52.3. The summed E-state index contributed by atoms with van der Waals surface area (Å²) in [7, 11) is 9.50. The van der Waals surface area contributed by atoms with Crippen molar-refractivity contribution >= 4 is 0 Å². The molecule has 0 radical (unpaired) electrons. The van der Waals surface area contributed by atoms with E-state index in [2.05, 4.69) is 105 Å². The fourth-order valence-corrected chi connectivity index (χ4v) is 11.0. The van der Waals surface area contributed by atoms with E-state index in [0.29, 0.717) is 11.3 Å². The number of pyridine rings is 5. The average molecular weight is 1150 g/mol. The highest BCUT2D eigenvalue weighted by molar-refractivity contribution is 5.65. The molecule has 5 heteroatoms. The Morgan fingerprint density at radius 2 is 0.671 bits per heavy atom. The van der Waals surface area contributed by atoms with Crippen molar-refractivity contribution in [3.63, 3.8) is 0 Å². The SMILES string of the molecule is Cc1ccccc1-c1cc(C2CCCC2)cc[n+]1C.[2H]C([2H])(C)c1c[n+](C)c(-c2ccccc2C)cc1C.[2H]C([2H])([2H])c1c[n+](C)c(-c2ccccc2C)cc1C.[2H]C([2H])([2H])c1c[n+](C)c(-c2ccccc2C)cc1C([2H])([2H])C.[2H]C([2H])([2H])c1cc(-c2ccccc2C)[n+](C)cc1C([2H])([2H])[2H]. The van der Waals surface area contributed by atoms with Crippen LogP contribution in [0.2, 0.25) is 0 Å². The van der Waals surface area contributed by atoms with Crippen LogP contribution in [-0.4, -0.2) is 0 Å². The highest BCUT2D eigenvalue weighted by Crippen LogP contribution is 2.35. The molecule has 0 amide bonds. The molecule has 1 fully saturated rings. The number of hydrogen-bond acceptors (Lipinski definition) is 0. The van der Waals surface area contributed by atoms with E-state index in [0.717, 1.165) is 67.5 Å². The molecule has 0 unspecified atom stereocenters. The van der Waals surface area contributed by atoms with Crippen LogP contribution in [0.15, 0.2) is 189 Å². The van der Waals surface area contributed by atoms with Crippen molar-refractivity contribution in [2.24, 2.45) is 35.2 Å². The molecule has 0 aliphatic heterocycles. The quantitative estimate of drug-likeness (QED) is 0.135. The summed E-state index contributed by atoms with van der Waals surface area (Å²) in [6.07, 6.45) is 11.2. The molecule has 0 spiro atoms. The second kappa shape index (κ2) is 30.1. The number of benzene rings is 5. The zero-order chi connectivity index (χ0) is 75.1. The summed E-state index contributed by atoms with van der Waals surface area (Å²) in [5, 5.41) is 0. The third-order valence-electron chi connectivity index (χ3n) is 16.2. The molecule has 0 N–H and O–H groups in total. The first-order valence-electron chi connectivity index (χ1n) is 37.3. The van der Waals surface area contributed by atoms with Crippen LogP contribution in [0.3, 0.4) is 0 Å². The number of hydrogen-bond donors (Lipinski definition) is 0. The van der Waals surface area contributed by atoms with Gasteiger partial charge in [0.25, 0.3) is 0 Å². The van der Waals surface area contributed by atoms with Gasteiger partial charge in [0.05, 0.1) is 0 Å². The van der Waals surface area contributed by atoms with Crippen LogP contribution in [0.25, 0.3) is 56.3 Å². The molecule has 0 bridgehead atoms. The smallest absolute Gasteiger partial charge is 0.201 e. The van der Waals surface area contributed by atoms with Gasteiger partial charge in [0.1, 0.15) is 35.2 Å². The van der Waals surface area contributed by atoms with Crippen LogP contribution in [0.1, 0.15) is 145 Å². The van der Waals surface area contributed by atoms with E-state index in [1.165, 1.54) is 90.1 Å². The van der Waals surface area contributed by atoms with Crippen LogP contribution >= 0.6 is 0 Å². The molecule has 1 aliphatic carbocycles. The van der Waals surface area contributed by atoms with Gasteiger partial charge in [-0.15, -0.1) is 0 Å². The maximum atomic E-state index is 7.98. The van der Waals surface area contributed by atoms with E-state index >= 15 is 0 Å². The lowest BCUT2D eigenvalue weighted by atomic mass is 9.95. The standard InChI is InChI=1S/C18H22N.2C16H20N.2C15H18N/c1-14-7-3-6-10-17(14)18-13-16(11-12-19(18)2)15-8-4-5-9-15;1-5-14-10-16(17(4)11-13(14)3)15-9-7-6-8-12(15)2;1-5-14-11-17(4)16(10-13(14)3)15-9-7-6-8-12(15)2;2*1-11-7-5-6-8-14(11)15-9-12(2)13(3)10-16(15)4/h3,6-7,10-13,15H,4-5,8-9H2,1-2H3;2*6-11H,5H2,1-4H3;2*5-10H,1-4H3/q5*+1/i;3D3,5D2;5D2;2D3,3D3;3D3. The molecule has 85 heavy (non-hydrogen) atoms. The summed E-state index contributed by atoms with van der Waals surface area (Å²) < 4.78 is 133. The van der Waals surface area contributed by atoms with Crippen molar-refractivity contribution < 1.29 is 44.8 Å². The van der Waals surface area contributed by atoms with Crippen LogP contribution in [0.5, 0.6) is 0 Å². The molecule has 5 nitrogen and oxygen atoms in total. The van der Waals surface area contributed by atoms with E-state index in [1.54, 1.807) is 42.4 Å². The van der Waals surface area contributed by atoms with Gasteiger partial charge in [-0.25, -0.2) is 22.8 Å². The summed E-state index contributed by atoms with van der Waals surface area (Å²) in [4.78, 5) is 0. The Kier molecular flexibility index (Phi) is 16.0. The molecule has 5 aromatic heterocycles. The Balaban J connectivity index is 0.000000177. The molecule has 10 aromatic rings. The van der Waals surface area contributed by atoms with Gasteiger partial charge >= 0.3 is 0 Å². The van der Waals surface area contributed by atoms with Gasteiger partial charge < -0.3 is 0 Å². The summed E-state index contributed by atoms with van der Waals surface area (Å²) in [5.74, 6) is 0.781. The first-order chi connectivity index (χ1) is 46.9. The van der Waals surface area contributed by atoms with Crippen molar-refractivity contribution in [2.45, 2.75) is 134 Å². The molecule has 0 atom stereocenters. The minimum Gasteiger partial charge on any atom is -0.201 e. The van der Waals surface area contributed by atoms with Gasteiger partial charge in [0.15, 0.2) is 31.0 Å². The topological polar surface area (TPSA) is 19.4 Å². The molecular weight excluding hydrogens is 1030 g/mol. The van der Waals surface area contributed by atoms with Crippen molar-refractivity contribution in [3.05, 3.63) is 267 Å². The first kappa shape index (κ1) is 45.2. The van der Waals surface area contributed by atoms with Gasteiger partial charge in [-0.1, -0.05) is 118 Å². The lowest BCUT2D eigenvalue weighted by Crippen LogP contribution is -2.32. The average Bonchev–Trinajstić information content (AvgIpc) is 1.02. The Morgan fingerprint density at radius 3 is 1.06 bits per heavy atom. The third-order valence-corrected chi connectivity index (χ3v) is 16.2. The lowest BCUT2D eigenvalue weighted by Gasteiger charge is -2.11. The molecule has 1 aliphatic rings. The Labute approximate surface area is 535 Å². The van der Waals surface area contributed by atoms with E-state index in [-0.39, 0.29) is 22.3 Å². The number of aryl methyl sites for hydroxylation is 18. The van der Waals surface area contributed by atoms with Crippen LogP contribution in [0.4, 0.5) is 0 Å². The molecular formula is C80H98N5+5. The van der Waals surface area contributed by atoms with Gasteiger partial charge in [0, 0.05) is 108 Å². The summed E-state index contributed by atoms with van der Waals surface area (Å²) in [6.45, 7) is 7.71. The minimum absolute atomic E-state index is 0.0554. The van der Waals surface area contributed by atoms with E-state index in [9.17, 15) is 0 Å². The Hall–Kier alpha value is -8.15. The monoisotopic (exact) mass is 1140 g/mol. The van der Waals surface area contributed by atoms with Gasteiger partial charge in [-0.2, -0.15) is 0 Å². The third kappa shape index (κ3) is 16.4. The highest BCUT2D eigenvalue weighted by atomic mass is 14.9. The first-order valence-corrected chi connectivity index (χ1v) is 29.3. The van der Waals surface area contributed by atoms with Gasteiger partial charge in [-0.05, 0) is 193 Å². The van der Waals surface area contributed by atoms with Crippen molar-refractivity contribution in [1.82, 2.24) is 0 Å². The minimum atomic E-state index is -2.48. The predicted octanol–water partition coefficient (Wildman–Crippen LogP) is 17.1. The van der Waals surface area contributed by atoms with Gasteiger partial charge in [-0.3, -0.25) is 0 Å². The number of aromatic nitrogens is 5. The largest absolute Gasteiger partial charge is 0.212 e. The van der Waals surface area contributed by atoms with Crippen molar-refractivity contribution in [1.29, 1.82) is 0 Å². The van der Waals surface area contributed by atoms with E-state index < -0.39 is 40.2 Å². The molecule has 1 saturated carbocycles. The molecule has 5 heterocycles. The zero-order valence-electron chi connectivity index (χ0n) is 68.5. The molecule has 5 aromatic carbocycles.